The number of nitrogens with two attached hydrogens (primary N) is 1. The number of aliphatic hydroxyl groups excluding tert-OH is 2. The van der Waals surface area contributed by atoms with Gasteiger partial charge in [0, 0.05) is 37.8 Å². The first-order chi connectivity index (χ1) is 21.0. The fourth-order valence-electron chi connectivity index (χ4n) is 6.78. The molecule has 1 saturated carbocycles. The number of carbonyl (C=O) groups excluding carboxylic acids is 5. The van der Waals surface area contributed by atoms with Crippen molar-refractivity contribution in [2.24, 2.45) is 17.6 Å². The van der Waals surface area contributed by atoms with Gasteiger partial charge in [0.1, 0.15) is 29.4 Å². The molecule has 0 bridgehead atoms. The topological polar surface area (TPSA) is 223 Å². The minimum atomic E-state index is -2.77. The zero-order valence-corrected chi connectivity index (χ0v) is 26.0. The molecule has 1 aromatic carbocycles. The molecule has 1 fully saturated rings. The number of ketones is 2. The summed E-state index contributed by atoms with van der Waals surface area (Å²) < 4.78 is 4.73. The quantitative estimate of drug-likeness (QED) is 0.170. The Morgan fingerprint density at radius 2 is 1.78 bits per heavy atom. The van der Waals surface area contributed by atoms with Crippen LogP contribution in [-0.2, 0) is 30.3 Å². The summed E-state index contributed by atoms with van der Waals surface area (Å²) in [6.45, 7) is 1.66. The number of hydrogen-bond acceptors (Lipinski definition) is 12. The molecule has 0 aliphatic heterocycles. The van der Waals surface area contributed by atoms with Gasteiger partial charge in [-0.3, -0.25) is 29.0 Å². The molecule has 2 unspecified atom stereocenters. The van der Waals surface area contributed by atoms with Gasteiger partial charge >= 0.3 is 6.09 Å². The molecule has 3 aliphatic carbocycles. The van der Waals surface area contributed by atoms with E-state index in [-0.39, 0.29) is 36.2 Å². The molecular weight excluding hydrogens is 590 g/mol. The molecule has 7 N–H and O–H groups in total. The Labute approximate surface area is 259 Å². The van der Waals surface area contributed by atoms with Gasteiger partial charge in [0.25, 0.3) is 5.91 Å². The maximum atomic E-state index is 14.1. The van der Waals surface area contributed by atoms with Crippen LogP contribution in [0.2, 0.25) is 0 Å². The number of likely N-dealkylation sites (N-methyl/N-ethyl adjacent to an activating group) is 1. The predicted molar refractivity (Wildman–Crippen MR) is 161 cm³/mol. The number of fused-ring (bicyclic) bond motifs is 3. The Morgan fingerprint density at radius 3 is 2.31 bits per heavy atom. The van der Waals surface area contributed by atoms with Crippen LogP contribution >= 0.6 is 0 Å². The number of phenolic OH excluding ortho intramolecular Hbond substituents is 1. The minimum absolute atomic E-state index is 0.0569. The van der Waals surface area contributed by atoms with Crippen LogP contribution in [0.4, 0.5) is 16.2 Å². The SMILES string of the molecule is CCCN(CC(=O)Nc1cc(N(C)C)c2c(c1O)C(O)=C1C(=O)[C@]3(O)C(O)=C(C(N)=O)C(=O)[C@@H](N(C)C)C3CC1C2)C(=O)OC. The van der Waals surface area contributed by atoms with Crippen LogP contribution in [0, 0.1) is 11.8 Å². The Hall–Kier alpha value is -4.63. The van der Waals surface area contributed by atoms with E-state index in [1.807, 2.05) is 6.92 Å². The van der Waals surface area contributed by atoms with Crippen LogP contribution in [0.15, 0.2) is 23.0 Å². The third kappa shape index (κ3) is 5.25. The molecule has 4 rings (SSSR count). The lowest BCUT2D eigenvalue weighted by molar-refractivity contribution is -0.153. The Balaban J connectivity index is 1.86. The molecule has 0 spiro atoms. The second kappa shape index (κ2) is 12.0. The number of hydrogen-bond donors (Lipinski definition) is 6. The van der Waals surface area contributed by atoms with Crippen LogP contribution in [0.5, 0.6) is 5.75 Å². The fraction of sp³-hybridized carbons (Fsp3) is 0.500. The van der Waals surface area contributed by atoms with Gasteiger partial charge in [-0.25, -0.2) is 4.79 Å². The number of rotatable bonds is 8. The summed E-state index contributed by atoms with van der Waals surface area (Å²) in [6.07, 6.45) is -0.139. The number of phenols is 1. The third-order valence-electron chi connectivity index (χ3n) is 8.71. The van der Waals surface area contributed by atoms with Crippen LogP contribution in [0.1, 0.15) is 30.9 Å². The molecule has 244 valence electrons. The zero-order chi connectivity index (χ0) is 33.7. The number of Topliss-reactive ketones (excluding diaryl/α,β-unsaturated/α-hetero) is 2. The molecule has 0 aromatic heterocycles. The number of aromatic hydroxyl groups is 1. The second-order valence-electron chi connectivity index (χ2n) is 11.9. The first kappa shape index (κ1) is 33.3. The van der Waals surface area contributed by atoms with Gasteiger partial charge < -0.3 is 41.1 Å². The van der Waals surface area contributed by atoms with E-state index in [1.54, 1.807) is 19.0 Å². The average Bonchev–Trinajstić information content (AvgIpc) is 2.95. The summed E-state index contributed by atoms with van der Waals surface area (Å²) in [4.78, 5) is 68.9. The molecule has 15 heteroatoms. The first-order valence-corrected chi connectivity index (χ1v) is 14.4. The first-order valence-electron chi connectivity index (χ1n) is 14.4. The van der Waals surface area contributed by atoms with Crippen molar-refractivity contribution in [3.05, 3.63) is 34.1 Å². The lowest BCUT2D eigenvalue weighted by Crippen LogP contribution is -2.65. The number of amides is 3. The molecule has 0 saturated heterocycles. The lowest BCUT2D eigenvalue weighted by atomic mass is 9.57. The predicted octanol–water partition coefficient (Wildman–Crippen LogP) is 0.447. The maximum Gasteiger partial charge on any atom is 0.409 e. The molecule has 45 heavy (non-hydrogen) atoms. The highest BCUT2D eigenvalue weighted by Gasteiger charge is 2.64. The monoisotopic (exact) mass is 629 g/mol. The van der Waals surface area contributed by atoms with Crippen molar-refractivity contribution in [1.82, 2.24) is 9.80 Å². The molecule has 15 nitrogen and oxygen atoms in total. The van der Waals surface area contributed by atoms with Gasteiger partial charge in [0.2, 0.25) is 11.7 Å². The molecule has 0 radical (unpaired) electrons. The van der Waals surface area contributed by atoms with E-state index in [1.165, 1.54) is 37.1 Å². The summed E-state index contributed by atoms with van der Waals surface area (Å²) in [6, 6.07) is 0.299. The zero-order valence-electron chi connectivity index (χ0n) is 26.0. The number of anilines is 2. The number of methoxy groups -OCH3 is 1. The van der Waals surface area contributed by atoms with Crippen LogP contribution in [0.25, 0.3) is 5.76 Å². The molecule has 4 atom stereocenters. The standard InChI is InChI=1S/C30H39N5O10/c1-7-8-35(29(43)45-6)12-18(36)32-16-11-17(33(2)3)14-9-13-10-15-22(34(4)5)25(39)21(28(31)42)27(41)30(15,44)26(40)19(13)24(38)20(14)23(16)37/h11,13,15,22,37-38,41,44H,7-10,12H2,1-6H3,(H2,31,42)(H,32,36)/t13?,15?,22-,30-/m0/s1. The van der Waals surface area contributed by atoms with Crippen molar-refractivity contribution in [2.45, 2.75) is 37.8 Å². The largest absolute Gasteiger partial charge is 0.508 e. The van der Waals surface area contributed by atoms with E-state index >= 15 is 0 Å². The maximum absolute atomic E-state index is 14.1. The van der Waals surface area contributed by atoms with Gasteiger partial charge in [-0.05, 0) is 50.9 Å². The summed E-state index contributed by atoms with van der Waals surface area (Å²) in [5.41, 5.74) is 2.01. The Morgan fingerprint density at radius 1 is 1.13 bits per heavy atom. The van der Waals surface area contributed by atoms with Gasteiger partial charge in [0.05, 0.1) is 24.4 Å². The van der Waals surface area contributed by atoms with E-state index in [0.717, 1.165) is 0 Å². The van der Waals surface area contributed by atoms with Crippen molar-refractivity contribution in [3.8, 4) is 5.75 Å². The van der Waals surface area contributed by atoms with Crippen molar-refractivity contribution in [2.75, 3.05) is 58.6 Å². The van der Waals surface area contributed by atoms with E-state index in [4.69, 9.17) is 10.5 Å². The van der Waals surface area contributed by atoms with Crippen LogP contribution < -0.4 is 16.0 Å². The number of carbonyl (C=O) groups is 5. The van der Waals surface area contributed by atoms with Gasteiger partial charge in [-0.1, -0.05) is 6.92 Å². The summed E-state index contributed by atoms with van der Waals surface area (Å²) in [7, 11) is 7.65. The van der Waals surface area contributed by atoms with E-state index < -0.39 is 82.3 Å². The van der Waals surface area contributed by atoms with Crippen molar-refractivity contribution < 1.29 is 49.1 Å². The molecule has 3 aliphatic rings. The van der Waals surface area contributed by atoms with Crippen LogP contribution in [0.3, 0.4) is 0 Å². The number of aliphatic hydroxyl groups is 3. The lowest BCUT2D eigenvalue weighted by Gasteiger charge is -2.50. The van der Waals surface area contributed by atoms with Crippen LogP contribution in [-0.4, -0.2) is 120 Å². The summed E-state index contributed by atoms with van der Waals surface area (Å²) in [5.74, 6) is -8.37. The van der Waals surface area contributed by atoms with E-state index in [0.29, 0.717) is 17.7 Å². The highest BCUT2D eigenvalue weighted by Crippen LogP contribution is 2.54. The summed E-state index contributed by atoms with van der Waals surface area (Å²) >= 11 is 0. The van der Waals surface area contributed by atoms with Crippen molar-refractivity contribution in [1.29, 1.82) is 0 Å². The third-order valence-corrected chi connectivity index (χ3v) is 8.71. The minimum Gasteiger partial charge on any atom is -0.508 e. The molecule has 1 aromatic rings. The number of primary amides is 1. The van der Waals surface area contributed by atoms with Gasteiger partial charge in [-0.15, -0.1) is 0 Å². The number of benzene rings is 1. The van der Waals surface area contributed by atoms with E-state index in [2.05, 4.69) is 5.32 Å². The van der Waals surface area contributed by atoms with Crippen molar-refractivity contribution in [3.63, 3.8) is 0 Å². The fourth-order valence-corrected chi connectivity index (χ4v) is 6.78. The number of ether oxygens (including phenoxy) is 1. The molecule has 3 amide bonds. The van der Waals surface area contributed by atoms with E-state index in [9.17, 15) is 44.4 Å². The Kier molecular flexibility index (Phi) is 8.90. The number of nitrogens with one attached hydrogen (secondary N) is 1. The number of nitrogens with zero attached hydrogens (tertiary/aromatic N) is 3. The average molecular weight is 630 g/mol. The normalized spacial score (nSPS) is 24.1. The smallest absolute Gasteiger partial charge is 0.409 e. The highest BCUT2D eigenvalue weighted by atomic mass is 16.5. The highest BCUT2D eigenvalue weighted by molar-refractivity contribution is 6.24. The molecular formula is C30H39N5O10. The van der Waals surface area contributed by atoms with Gasteiger partial charge in [0.15, 0.2) is 11.4 Å². The molecule has 0 heterocycles. The Bertz CT molecular complexity index is 1550. The second-order valence-corrected chi connectivity index (χ2v) is 11.9. The summed E-state index contributed by atoms with van der Waals surface area (Å²) in [5, 5.41) is 48.3. The van der Waals surface area contributed by atoms with Crippen molar-refractivity contribution >= 4 is 46.6 Å². The van der Waals surface area contributed by atoms with Gasteiger partial charge in [-0.2, -0.15) is 0 Å².